The Morgan fingerprint density at radius 3 is 2.67 bits per heavy atom. The molecule has 1 unspecified atom stereocenters. The van der Waals surface area contributed by atoms with E-state index >= 15 is 0 Å². The number of nitrogens with zero attached hydrogens (tertiary/aromatic N) is 1. The number of hydrogen-bond acceptors (Lipinski definition) is 2. The number of carbonyl (C=O) groups excluding carboxylic acids is 1. The zero-order chi connectivity index (χ0) is 13.0. The highest BCUT2D eigenvalue weighted by molar-refractivity contribution is 5.77. The topological polar surface area (TPSA) is 29.5 Å². The lowest BCUT2D eigenvalue weighted by Crippen LogP contribution is -2.33. The largest absolute Gasteiger partial charge is 0.497 e. The van der Waals surface area contributed by atoms with Gasteiger partial charge >= 0.3 is 0 Å². The molecule has 3 nitrogen and oxygen atoms in total. The van der Waals surface area contributed by atoms with Crippen LogP contribution >= 0.6 is 0 Å². The molecule has 0 aliphatic carbocycles. The van der Waals surface area contributed by atoms with Gasteiger partial charge in [0, 0.05) is 19.0 Å². The van der Waals surface area contributed by atoms with Crippen molar-refractivity contribution in [3.05, 3.63) is 29.8 Å². The summed E-state index contributed by atoms with van der Waals surface area (Å²) in [5.41, 5.74) is 1.19. The summed E-state index contributed by atoms with van der Waals surface area (Å²) >= 11 is 0. The Balaban J connectivity index is 1.85. The summed E-state index contributed by atoms with van der Waals surface area (Å²) in [7, 11) is 1.66. The molecule has 1 aliphatic heterocycles. The quantitative estimate of drug-likeness (QED) is 0.818. The fraction of sp³-hybridized carbons (Fsp3) is 0.533. The first-order valence-corrected chi connectivity index (χ1v) is 6.63. The van der Waals surface area contributed by atoms with E-state index in [0.29, 0.717) is 12.5 Å². The summed E-state index contributed by atoms with van der Waals surface area (Å²) in [6.45, 7) is 3.07. The maximum Gasteiger partial charge on any atom is 0.223 e. The molecule has 2 rings (SSSR count). The predicted molar refractivity (Wildman–Crippen MR) is 71.7 cm³/mol. The Bertz CT molecular complexity index is 399. The lowest BCUT2D eigenvalue weighted by molar-refractivity contribution is -0.131. The van der Waals surface area contributed by atoms with Gasteiger partial charge in [0.25, 0.3) is 0 Å². The summed E-state index contributed by atoms with van der Waals surface area (Å²) < 4.78 is 5.11. The summed E-state index contributed by atoms with van der Waals surface area (Å²) in [6.07, 6.45) is 3.71. The third-order valence-corrected chi connectivity index (χ3v) is 3.66. The van der Waals surface area contributed by atoms with Gasteiger partial charge in [-0.25, -0.2) is 0 Å². The molecule has 1 saturated heterocycles. The van der Waals surface area contributed by atoms with E-state index in [2.05, 4.69) is 6.92 Å². The fourth-order valence-electron chi connectivity index (χ4n) is 2.49. The summed E-state index contributed by atoms with van der Waals surface area (Å²) in [5.74, 6) is 1.15. The lowest BCUT2D eigenvalue weighted by Gasteiger charge is -2.21. The highest BCUT2D eigenvalue weighted by Gasteiger charge is 2.24. The molecule has 0 spiro atoms. The van der Waals surface area contributed by atoms with Crippen LogP contribution in [0.2, 0.25) is 0 Å². The Kier molecular flexibility index (Phi) is 4.24. The second kappa shape index (κ2) is 5.89. The first kappa shape index (κ1) is 12.9. The van der Waals surface area contributed by atoms with Crippen LogP contribution in [0.25, 0.3) is 0 Å². The number of methoxy groups -OCH3 is 1. The molecule has 1 atom stereocenters. The minimum atomic E-state index is 0.288. The van der Waals surface area contributed by atoms with Gasteiger partial charge in [0.1, 0.15) is 5.75 Å². The van der Waals surface area contributed by atoms with Crippen molar-refractivity contribution in [1.29, 1.82) is 0 Å². The van der Waals surface area contributed by atoms with Crippen molar-refractivity contribution >= 4 is 5.91 Å². The van der Waals surface area contributed by atoms with Crippen molar-refractivity contribution in [3.63, 3.8) is 0 Å². The van der Waals surface area contributed by atoms with Crippen LogP contribution in [0.1, 0.15) is 31.7 Å². The number of aryl methyl sites for hydroxylation is 1. The highest BCUT2D eigenvalue weighted by Crippen LogP contribution is 2.18. The van der Waals surface area contributed by atoms with Crippen LogP contribution in [0.5, 0.6) is 5.75 Å². The minimum absolute atomic E-state index is 0.288. The van der Waals surface area contributed by atoms with E-state index in [9.17, 15) is 4.79 Å². The molecule has 0 bridgehead atoms. The molecule has 1 fully saturated rings. The minimum Gasteiger partial charge on any atom is -0.497 e. The van der Waals surface area contributed by atoms with Gasteiger partial charge in [0.05, 0.1) is 7.11 Å². The average molecular weight is 247 g/mol. The second-order valence-electron chi connectivity index (χ2n) is 4.93. The Morgan fingerprint density at radius 1 is 1.39 bits per heavy atom. The highest BCUT2D eigenvalue weighted by atomic mass is 16.5. The summed E-state index contributed by atoms with van der Waals surface area (Å²) in [5, 5.41) is 0. The molecule has 0 aromatic heterocycles. The van der Waals surface area contributed by atoms with Gasteiger partial charge < -0.3 is 9.64 Å². The number of likely N-dealkylation sites (tertiary alicyclic amines) is 1. The number of benzene rings is 1. The molecule has 1 amide bonds. The standard InChI is InChI=1S/C15H21NO2/c1-12-4-3-11-16(12)15(17)10-7-13-5-8-14(18-2)9-6-13/h5-6,8-9,12H,3-4,7,10-11H2,1-2H3. The van der Waals surface area contributed by atoms with Crippen LogP contribution in [0.3, 0.4) is 0 Å². The Hall–Kier alpha value is -1.51. The van der Waals surface area contributed by atoms with Crippen LogP contribution in [0.4, 0.5) is 0 Å². The van der Waals surface area contributed by atoms with Gasteiger partial charge in [-0.15, -0.1) is 0 Å². The molecule has 1 aromatic carbocycles. The predicted octanol–water partition coefficient (Wildman–Crippen LogP) is 2.64. The number of carbonyl (C=O) groups is 1. The van der Waals surface area contributed by atoms with Crippen molar-refractivity contribution in [3.8, 4) is 5.75 Å². The van der Waals surface area contributed by atoms with Gasteiger partial charge in [-0.3, -0.25) is 4.79 Å². The third kappa shape index (κ3) is 3.03. The van der Waals surface area contributed by atoms with Crippen molar-refractivity contribution < 1.29 is 9.53 Å². The van der Waals surface area contributed by atoms with Gasteiger partial charge in [0.2, 0.25) is 5.91 Å². The van der Waals surface area contributed by atoms with Crippen LogP contribution < -0.4 is 4.74 Å². The van der Waals surface area contributed by atoms with Gasteiger partial charge in [-0.05, 0) is 43.9 Å². The maximum absolute atomic E-state index is 12.1. The molecular formula is C15H21NO2. The SMILES string of the molecule is COc1ccc(CCC(=O)N2CCCC2C)cc1. The Morgan fingerprint density at radius 2 is 2.11 bits per heavy atom. The molecule has 0 saturated carbocycles. The zero-order valence-electron chi connectivity index (χ0n) is 11.2. The molecule has 0 N–H and O–H groups in total. The summed E-state index contributed by atoms with van der Waals surface area (Å²) in [4.78, 5) is 14.1. The fourth-order valence-corrected chi connectivity index (χ4v) is 2.49. The van der Waals surface area contributed by atoms with E-state index < -0.39 is 0 Å². The Labute approximate surface area is 109 Å². The molecule has 98 valence electrons. The van der Waals surface area contributed by atoms with Gasteiger partial charge in [-0.2, -0.15) is 0 Å². The average Bonchev–Trinajstić information content (AvgIpc) is 2.83. The molecular weight excluding hydrogens is 226 g/mol. The van der Waals surface area contributed by atoms with Crippen LogP contribution in [0, 0.1) is 0 Å². The number of ether oxygens (including phenoxy) is 1. The zero-order valence-corrected chi connectivity index (χ0v) is 11.2. The van der Waals surface area contributed by atoms with Crippen LogP contribution in [-0.2, 0) is 11.2 Å². The van der Waals surface area contributed by atoms with E-state index in [1.165, 1.54) is 5.56 Å². The lowest BCUT2D eigenvalue weighted by atomic mass is 10.1. The monoisotopic (exact) mass is 247 g/mol. The van der Waals surface area contributed by atoms with Gasteiger partial charge in [0.15, 0.2) is 0 Å². The van der Waals surface area contributed by atoms with E-state index in [1.54, 1.807) is 7.11 Å². The van der Waals surface area contributed by atoms with Crippen molar-refractivity contribution in [2.45, 2.75) is 38.6 Å². The number of hydrogen-bond donors (Lipinski definition) is 0. The maximum atomic E-state index is 12.1. The molecule has 1 aliphatic rings. The normalized spacial score (nSPS) is 19.0. The van der Waals surface area contributed by atoms with E-state index in [0.717, 1.165) is 31.6 Å². The van der Waals surface area contributed by atoms with Crippen LogP contribution in [0.15, 0.2) is 24.3 Å². The number of rotatable bonds is 4. The second-order valence-corrected chi connectivity index (χ2v) is 4.93. The molecule has 0 radical (unpaired) electrons. The first-order valence-electron chi connectivity index (χ1n) is 6.63. The van der Waals surface area contributed by atoms with E-state index in [1.807, 2.05) is 29.2 Å². The van der Waals surface area contributed by atoms with Crippen molar-refractivity contribution in [2.75, 3.05) is 13.7 Å². The van der Waals surface area contributed by atoms with Crippen molar-refractivity contribution in [2.24, 2.45) is 0 Å². The summed E-state index contributed by atoms with van der Waals surface area (Å²) in [6, 6.07) is 8.36. The van der Waals surface area contributed by atoms with Gasteiger partial charge in [-0.1, -0.05) is 12.1 Å². The smallest absolute Gasteiger partial charge is 0.223 e. The van der Waals surface area contributed by atoms with E-state index in [4.69, 9.17) is 4.74 Å². The third-order valence-electron chi connectivity index (χ3n) is 3.66. The van der Waals surface area contributed by atoms with E-state index in [-0.39, 0.29) is 5.91 Å². The molecule has 3 heteroatoms. The van der Waals surface area contributed by atoms with Crippen molar-refractivity contribution in [1.82, 2.24) is 4.90 Å². The first-order chi connectivity index (χ1) is 8.70. The molecule has 18 heavy (non-hydrogen) atoms. The molecule has 1 aromatic rings. The van der Waals surface area contributed by atoms with Crippen LogP contribution in [-0.4, -0.2) is 30.5 Å². The molecule has 1 heterocycles. The number of amides is 1.